The number of methoxy groups -OCH3 is 1. The van der Waals surface area contributed by atoms with Crippen LogP contribution in [-0.4, -0.2) is 17.6 Å². The van der Waals surface area contributed by atoms with Gasteiger partial charge in [-0.2, -0.15) is 5.26 Å². The van der Waals surface area contributed by atoms with Gasteiger partial charge in [-0.1, -0.05) is 17.7 Å². The van der Waals surface area contributed by atoms with Gasteiger partial charge in [-0.05, 0) is 12.1 Å². The topological polar surface area (TPSA) is 67.4 Å². The quantitative estimate of drug-likeness (QED) is 0.365. The molecule has 0 N–H and O–H groups in total. The lowest BCUT2D eigenvalue weighted by atomic mass is 10.3. The van der Waals surface area contributed by atoms with Crippen molar-refractivity contribution in [3.05, 3.63) is 53.3 Å². The number of allylic oxidation sites excluding steroid dienone is 1. The molecule has 1 aromatic heterocycles. The molecule has 0 aliphatic heterocycles. The molecule has 0 saturated carbocycles. The van der Waals surface area contributed by atoms with E-state index in [0.29, 0.717) is 17.1 Å². The van der Waals surface area contributed by atoms with Crippen LogP contribution in [0.2, 0.25) is 5.02 Å². The predicted molar refractivity (Wildman–Crippen MR) is 70.9 cm³/mol. The summed E-state index contributed by atoms with van der Waals surface area (Å²) in [5.41, 5.74) is 0.364. The maximum absolute atomic E-state index is 11.2. The van der Waals surface area contributed by atoms with Crippen LogP contribution < -0.4 is 5.49 Å². The number of carbonyl (C=O) groups is 1. The van der Waals surface area contributed by atoms with E-state index >= 15 is 0 Å². The van der Waals surface area contributed by atoms with Crippen LogP contribution in [0.15, 0.2) is 47.7 Å². The largest absolute Gasteiger partial charge is 0.465 e. The number of hydrogen-bond donors (Lipinski definition) is 0. The lowest BCUT2D eigenvalue weighted by molar-refractivity contribution is -0.135. The summed E-state index contributed by atoms with van der Waals surface area (Å²) >= 11 is 5.88. The molecule has 6 heteroatoms. The maximum atomic E-state index is 11.2. The van der Waals surface area contributed by atoms with Crippen molar-refractivity contribution in [3.8, 4) is 6.07 Å². The Balaban J connectivity index is 3.25. The molecule has 0 aliphatic carbocycles. The van der Waals surface area contributed by atoms with Crippen molar-refractivity contribution in [2.75, 3.05) is 7.11 Å². The van der Waals surface area contributed by atoms with Crippen LogP contribution in [0, 0.1) is 11.3 Å². The lowest BCUT2D eigenvalue weighted by Gasteiger charge is -2.03. The Morgan fingerprint density at radius 2 is 2.42 bits per heavy atom. The first-order valence-electron chi connectivity index (χ1n) is 5.31. The molecule has 0 spiro atoms. The molecule has 0 radical (unpaired) electrons. The van der Waals surface area contributed by atoms with Crippen molar-refractivity contribution in [2.45, 2.75) is 6.54 Å². The summed E-state index contributed by atoms with van der Waals surface area (Å²) in [6.45, 7) is 4.14. The minimum absolute atomic E-state index is 0.178. The molecule has 0 unspecified atom stereocenters. The molecule has 0 atom stereocenters. The first kappa shape index (κ1) is 14.7. The van der Waals surface area contributed by atoms with E-state index in [1.807, 2.05) is 0 Å². The SMILES string of the molecule is C=CCn1cc(Cl)ccc1=N/C=C(\C#N)C(=O)OC. The molecule has 98 valence electrons. The summed E-state index contributed by atoms with van der Waals surface area (Å²) in [6, 6.07) is 5.06. The Hall–Kier alpha value is -2.32. The van der Waals surface area contributed by atoms with Crippen LogP contribution >= 0.6 is 11.6 Å². The van der Waals surface area contributed by atoms with Gasteiger partial charge in [0.25, 0.3) is 0 Å². The molecule has 0 aliphatic rings. The van der Waals surface area contributed by atoms with Gasteiger partial charge < -0.3 is 9.30 Å². The van der Waals surface area contributed by atoms with Gasteiger partial charge in [-0.15, -0.1) is 6.58 Å². The molecule has 0 fully saturated rings. The van der Waals surface area contributed by atoms with E-state index in [0.717, 1.165) is 6.20 Å². The second-order valence-corrected chi connectivity index (χ2v) is 3.86. The number of nitrogens with zero attached hydrogens (tertiary/aromatic N) is 3. The van der Waals surface area contributed by atoms with E-state index in [-0.39, 0.29) is 5.57 Å². The first-order valence-corrected chi connectivity index (χ1v) is 5.69. The fourth-order valence-corrected chi connectivity index (χ4v) is 1.46. The standard InChI is InChI=1S/C13H12ClN3O2/c1-3-6-17-9-11(14)4-5-12(17)16-8-10(7-15)13(18)19-2/h3-5,8-9H,1,6H2,2H3/b10-8+,16-12?. The summed E-state index contributed by atoms with van der Waals surface area (Å²) in [5.74, 6) is -0.726. The van der Waals surface area contributed by atoms with Crippen molar-refractivity contribution >= 4 is 17.6 Å². The number of hydrogen-bond acceptors (Lipinski definition) is 4. The molecular weight excluding hydrogens is 266 g/mol. The number of aromatic nitrogens is 1. The average molecular weight is 278 g/mol. The number of carbonyl (C=O) groups excluding carboxylic acids is 1. The highest BCUT2D eigenvalue weighted by molar-refractivity contribution is 6.30. The van der Waals surface area contributed by atoms with Crippen molar-refractivity contribution in [1.29, 1.82) is 5.26 Å². The number of esters is 1. The number of nitriles is 1. The van der Waals surface area contributed by atoms with Gasteiger partial charge in [0.2, 0.25) is 0 Å². The Morgan fingerprint density at radius 1 is 1.68 bits per heavy atom. The van der Waals surface area contributed by atoms with E-state index in [2.05, 4.69) is 16.3 Å². The highest BCUT2D eigenvalue weighted by Gasteiger charge is 2.07. The molecular formula is C13H12ClN3O2. The highest BCUT2D eigenvalue weighted by Crippen LogP contribution is 2.03. The third-order valence-corrected chi connectivity index (χ3v) is 2.37. The zero-order valence-corrected chi connectivity index (χ0v) is 11.1. The van der Waals surface area contributed by atoms with Gasteiger partial charge >= 0.3 is 5.97 Å². The van der Waals surface area contributed by atoms with Crippen LogP contribution in [0.3, 0.4) is 0 Å². The summed E-state index contributed by atoms with van der Waals surface area (Å²) in [4.78, 5) is 15.3. The molecule has 5 nitrogen and oxygen atoms in total. The second kappa shape index (κ2) is 7.19. The molecule has 19 heavy (non-hydrogen) atoms. The Bertz CT molecular complexity index is 624. The van der Waals surface area contributed by atoms with Crippen molar-refractivity contribution in [3.63, 3.8) is 0 Å². The molecule has 1 heterocycles. The molecule has 1 rings (SSSR count). The summed E-state index contributed by atoms with van der Waals surface area (Å²) in [6.07, 6.45) is 4.53. The van der Waals surface area contributed by atoms with Crippen molar-refractivity contribution in [2.24, 2.45) is 4.99 Å². The average Bonchev–Trinajstić information content (AvgIpc) is 2.41. The second-order valence-electron chi connectivity index (χ2n) is 3.42. The summed E-state index contributed by atoms with van der Waals surface area (Å²) in [5, 5.41) is 9.35. The zero-order chi connectivity index (χ0) is 14.3. The third kappa shape index (κ3) is 4.12. The van der Waals surface area contributed by atoms with E-state index in [4.69, 9.17) is 16.9 Å². The minimum Gasteiger partial charge on any atom is -0.465 e. The van der Waals surface area contributed by atoms with Crippen LogP contribution in [0.25, 0.3) is 0 Å². The van der Waals surface area contributed by atoms with E-state index in [1.165, 1.54) is 7.11 Å². The molecule has 0 saturated heterocycles. The fraction of sp³-hybridized carbons (Fsp3) is 0.154. The van der Waals surface area contributed by atoms with Gasteiger partial charge in [-0.3, -0.25) is 0 Å². The molecule has 0 aromatic carbocycles. The maximum Gasteiger partial charge on any atom is 0.350 e. The normalized spacial score (nSPS) is 11.8. The first-order chi connectivity index (χ1) is 9.12. The van der Waals surface area contributed by atoms with Gasteiger partial charge in [0, 0.05) is 12.7 Å². The molecule has 0 amide bonds. The third-order valence-electron chi connectivity index (χ3n) is 2.14. The van der Waals surface area contributed by atoms with E-state index in [1.54, 1.807) is 35.0 Å². The van der Waals surface area contributed by atoms with Crippen molar-refractivity contribution in [1.82, 2.24) is 4.57 Å². The van der Waals surface area contributed by atoms with Gasteiger partial charge in [-0.25, -0.2) is 9.79 Å². The predicted octanol–water partition coefficient (Wildman–Crippen LogP) is 1.81. The van der Waals surface area contributed by atoms with Crippen LogP contribution in [0.4, 0.5) is 0 Å². The highest BCUT2D eigenvalue weighted by atomic mass is 35.5. The minimum atomic E-state index is -0.726. The van der Waals surface area contributed by atoms with Crippen molar-refractivity contribution < 1.29 is 9.53 Å². The molecule has 0 bridgehead atoms. The lowest BCUT2D eigenvalue weighted by Crippen LogP contribution is -2.19. The zero-order valence-electron chi connectivity index (χ0n) is 10.3. The van der Waals surface area contributed by atoms with E-state index < -0.39 is 5.97 Å². The van der Waals surface area contributed by atoms with Gasteiger partial charge in [0.1, 0.15) is 11.6 Å². The number of ether oxygens (including phenoxy) is 1. The number of pyridine rings is 1. The number of halogens is 1. The fourth-order valence-electron chi connectivity index (χ4n) is 1.28. The van der Waals surface area contributed by atoms with Crippen LogP contribution in [0.1, 0.15) is 0 Å². The smallest absolute Gasteiger partial charge is 0.350 e. The van der Waals surface area contributed by atoms with Crippen LogP contribution in [-0.2, 0) is 16.1 Å². The Morgan fingerprint density at radius 3 is 3.00 bits per heavy atom. The van der Waals surface area contributed by atoms with Crippen LogP contribution in [0.5, 0.6) is 0 Å². The Kier molecular flexibility index (Phi) is 5.58. The number of rotatable bonds is 4. The Labute approximate surface area is 115 Å². The van der Waals surface area contributed by atoms with Gasteiger partial charge in [0.15, 0.2) is 5.57 Å². The van der Waals surface area contributed by atoms with Gasteiger partial charge in [0.05, 0.1) is 18.3 Å². The summed E-state index contributed by atoms with van der Waals surface area (Å²) < 4.78 is 6.19. The monoisotopic (exact) mass is 277 g/mol. The summed E-state index contributed by atoms with van der Waals surface area (Å²) in [7, 11) is 1.20. The van der Waals surface area contributed by atoms with E-state index in [9.17, 15) is 4.79 Å². The molecule has 1 aromatic rings.